The van der Waals surface area contributed by atoms with Gasteiger partial charge in [-0.05, 0) is 41.5 Å². The van der Waals surface area contributed by atoms with Gasteiger partial charge in [0.1, 0.15) is 11.2 Å². The molecule has 0 saturated heterocycles. The van der Waals surface area contributed by atoms with Crippen LogP contribution in [-0.2, 0) is 17.9 Å². The fourth-order valence-electron chi connectivity index (χ4n) is 3.35. The second kappa shape index (κ2) is 8.35. The summed E-state index contributed by atoms with van der Waals surface area (Å²) in [5.74, 6) is 1.44. The molecule has 3 heterocycles. The zero-order valence-corrected chi connectivity index (χ0v) is 17.7. The summed E-state index contributed by atoms with van der Waals surface area (Å²) in [6.07, 6.45) is 0.859. The van der Waals surface area contributed by atoms with Crippen molar-refractivity contribution in [1.82, 2.24) is 14.5 Å². The highest BCUT2D eigenvalue weighted by molar-refractivity contribution is 7.17. The molecule has 0 aliphatic carbocycles. The van der Waals surface area contributed by atoms with Crippen molar-refractivity contribution < 1.29 is 14.3 Å². The van der Waals surface area contributed by atoms with Gasteiger partial charge in [0.15, 0.2) is 11.5 Å². The minimum absolute atomic E-state index is 0.0805. The highest BCUT2D eigenvalue weighted by Gasteiger charge is 2.18. The van der Waals surface area contributed by atoms with Crippen molar-refractivity contribution in [3.63, 3.8) is 0 Å². The van der Waals surface area contributed by atoms with Gasteiger partial charge in [-0.3, -0.25) is 18.7 Å². The van der Waals surface area contributed by atoms with E-state index in [0.717, 1.165) is 16.6 Å². The maximum absolute atomic E-state index is 13.2. The third-order valence-corrected chi connectivity index (χ3v) is 5.85. The molecule has 0 atom stereocenters. The minimum atomic E-state index is -0.512. The van der Waals surface area contributed by atoms with Crippen LogP contribution in [0, 0.1) is 5.92 Å². The number of rotatable bonds is 7. The quantitative estimate of drug-likeness (QED) is 0.622. The van der Waals surface area contributed by atoms with E-state index in [0.29, 0.717) is 34.2 Å². The van der Waals surface area contributed by atoms with Crippen molar-refractivity contribution in [3.05, 3.63) is 56.0 Å². The summed E-state index contributed by atoms with van der Waals surface area (Å²) in [4.78, 5) is 38.5. The fraction of sp³-hybridized carbons (Fsp3) is 0.381. The number of hydrogen-bond acceptors (Lipinski definition) is 6. The Balaban J connectivity index is 1.66. The molecule has 1 amide bonds. The van der Waals surface area contributed by atoms with Gasteiger partial charge in [-0.1, -0.05) is 19.9 Å². The number of ether oxygens (including phenoxy) is 2. The largest absolute Gasteiger partial charge is 0.454 e. The third-order valence-electron chi connectivity index (χ3n) is 4.96. The fourth-order valence-corrected chi connectivity index (χ4v) is 4.19. The molecule has 2 aromatic heterocycles. The monoisotopic (exact) mass is 429 g/mol. The molecule has 1 aliphatic heterocycles. The SMILES string of the molecule is CC(C)CCNC(=O)Cn1c(=O)n(Cc2ccc3c(c2)OCO3)c(=O)c2sccc21. The number of carbonyl (C=O) groups excluding carboxylic acids is 1. The highest BCUT2D eigenvalue weighted by Crippen LogP contribution is 2.32. The molecule has 0 bridgehead atoms. The van der Waals surface area contributed by atoms with Crippen LogP contribution in [0.5, 0.6) is 11.5 Å². The Morgan fingerprint density at radius 3 is 2.77 bits per heavy atom. The van der Waals surface area contributed by atoms with Gasteiger partial charge in [0.2, 0.25) is 12.7 Å². The summed E-state index contributed by atoms with van der Waals surface area (Å²) < 4.78 is 13.7. The number of nitrogens with one attached hydrogen (secondary N) is 1. The molecule has 0 radical (unpaired) electrons. The van der Waals surface area contributed by atoms with E-state index in [-0.39, 0.29) is 31.3 Å². The van der Waals surface area contributed by atoms with Gasteiger partial charge >= 0.3 is 5.69 Å². The number of thiophene rings is 1. The lowest BCUT2D eigenvalue weighted by molar-refractivity contribution is -0.121. The average Bonchev–Trinajstić information content (AvgIpc) is 3.37. The van der Waals surface area contributed by atoms with E-state index < -0.39 is 5.69 Å². The first-order valence-corrected chi connectivity index (χ1v) is 10.7. The topological polar surface area (TPSA) is 91.6 Å². The summed E-state index contributed by atoms with van der Waals surface area (Å²) in [6, 6.07) is 7.01. The summed E-state index contributed by atoms with van der Waals surface area (Å²) in [5, 5.41) is 4.60. The second-order valence-corrected chi connectivity index (χ2v) is 8.53. The van der Waals surface area contributed by atoms with E-state index in [9.17, 15) is 14.4 Å². The van der Waals surface area contributed by atoms with Crippen LogP contribution < -0.4 is 26.0 Å². The summed E-state index contributed by atoms with van der Waals surface area (Å²) in [7, 11) is 0. The summed E-state index contributed by atoms with van der Waals surface area (Å²) in [6.45, 7) is 4.81. The van der Waals surface area contributed by atoms with Gasteiger partial charge in [-0.15, -0.1) is 11.3 Å². The van der Waals surface area contributed by atoms with E-state index in [2.05, 4.69) is 19.2 Å². The number of nitrogens with zero attached hydrogens (tertiary/aromatic N) is 2. The normalized spacial score (nSPS) is 12.6. The molecule has 4 rings (SSSR count). The van der Waals surface area contributed by atoms with Gasteiger partial charge in [-0.2, -0.15) is 0 Å². The lowest BCUT2D eigenvalue weighted by Crippen LogP contribution is -2.42. The Morgan fingerprint density at radius 2 is 1.97 bits per heavy atom. The highest BCUT2D eigenvalue weighted by atomic mass is 32.1. The van der Waals surface area contributed by atoms with Crippen LogP contribution in [0.1, 0.15) is 25.8 Å². The van der Waals surface area contributed by atoms with Crippen LogP contribution in [0.4, 0.5) is 0 Å². The van der Waals surface area contributed by atoms with Gasteiger partial charge in [-0.25, -0.2) is 4.79 Å². The molecule has 30 heavy (non-hydrogen) atoms. The van der Waals surface area contributed by atoms with Gasteiger partial charge in [0, 0.05) is 6.54 Å². The van der Waals surface area contributed by atoms with E-state index >= 15 is 0 Å². The maximum atomic E-state index is 13.2. The number of benzene rings is 1. The molecule has 158 valence electrons. The van der Waals surface area contributed by atoms with E-state index in [1.54, 1.807) is 29.6 Å². The predicted molar refractivity (Wildman–Crippen MR) is 114 cm³/mol. The van der Waals surface area contributed by atoms with Crippen LogP contribution >= 0.6 is 11.3 Å². The molecule has 0 saturated carbocycles. The molecule has 0 unspecified atom stereocenters. The first-order valence-electron chi connectivity index (χ1n) is 9.80. The number of carbonyl (C=O) groups is 1. The first kappa shape index (κ1) is 20.2. The Kier molecular flexibility index (Phi) is 5.63. The molecular formula is C21H23N3O5S. The molecule has 0 fully saturated rings. The number of hydrogen-bond donors (Lipinski definition) is 1. The van der Waals surface area contributed by atoms with Crippen LogP contribution in [0.2, 0.25) is 0 Å². The van der Waals surface area contributed by atoms with Crippen molar-refractivity contribution >= 4 is 27.5 Å². The lowest BCUT2D eigenvalue weighted by atomic mass is 10.1. The van der Waals surface area contributed by atoms with Gasteiger partial charge in [0.05, 0.1) is 12.1 Å². The van der Waals surface area contributed by atoms with Crippen molar-refractivity contribution in [2.75, 3.05) is 13.3 Å². The number of amides is 1. The van der Waals surface area contributed by atoms with Gasteiger partial charge in [0.25, 0.3) is 5.56 Å². The average molecular weight is 429 g/mol. The summed E-state index contributed by atoms with van der Waals surface area (Å²) >= 11 is 1.26. The Bertz CT molecular complexity index is 1210. The van der Waals surface area contributed by atoms with Crippen molar-refractivity contribution in [2.45, 2.75) is 33.4 Å². The predicted octanol–water partition coefficient (Wildman–Crippen LogP) is 2.16. The molecule has 9 heteroatoms. The maximum Gasteiger partial charge on any atom is 0.332 e. The number of fused-ring (bicyclic) bond motifs is 2. The summed E-state index contributed by atoms with van der Waals surface area (Å²) in [5.41, 5.74) is 0.347. The van der Waals surface area contributed by atoms with Crippen molar-refractivity contribution in [1.29, 1.82) is 0 Å². The molecule has 3 aromatic rings. The second-order valence-electron chi connectivity index (χ2n) is 7.62. The smallest absolute Gasteiger partial charge is 0.332 e. The van der Waals surface area contributed by atoms with Crippen LogP contribution in [-0.4, -0.2) is 28.4 Å². The van der Waals surface area contributed by atoms with E-state index in [1.165, 1.54) is 15.9 Å². The number of aromatic nitrogens is 2. The minimum Gasteiger partial charge on any atom is -0.454 e. The zero-order valence-electron chi connectivity index (χ0n) is 16.8. The van der Waals surface area contributed by atoms with Crippen LogP contribution in [0.25, 0.3) is 10.2 Å². The standard InChI is InChI=1S/C21H23N3O5S/c1-13(2)5-7-22-18(25)11-23-15-6-8-30-19(15)20(26)24(21(23)27)10-14-3-4-16-17(9-14)29-12-28-16/h3-4,6,8-9,13H,5,7,10-12H2,1-2H3,(H,22,25). The van der Waals surface area contributed by atoms with E-state index in [4.69, 9.17) is 9.47 Å². The van der Waals surface area contributed by atoms with E-state index in [1.807, 2.05) is 0 Å². The lowest BCUT2D eigenvalue weighted by Gasteiger charge is -2.13. The molecule has 1 aliphatic rings. The van der Waals surface area contributed by atoms with Gasteiger partial charge < -0.3 is 14.8 Å². The van der Waals surface area contributed by atoms with Crippen LogP contribution in [0.15, 0.2) is 39.2 Å². The van der Waals surface area contributed by atoms with Crippen LogP contribution in [0.3, 0.4) is 0 Å². The third kappa shape index (κ3) is 3.97. The van der Waals surface area contributed by atoms with Crippen molar-refractivity contribution in [3.8, 4) is 11.5 Å². The Labute approximate surface area is 176 Å². The van der Waals surface area contributed by atoms with Crippen molar-refractivity contribution in [2.24, 2.45) is 5.92 Å². The Hall–Kier alpha value is -3.07. The molecule has 8 nitrogen and oxygen atoms in total. The molecule has 1 N–H and O–H groups in total. The zero-order chi connectivity index (χ0) is 21.3. The molecule has 1 aromatic carbocycles. The Morgan fingerprint density at radius 1 is 1.17 bits per heavy atom. The molecular weight excluding hydrogens is 406 g/mol. The first-order chi connectivity index (χ1) is 14.4. The molecule has 0 spiro atoms.